The maximum Gasteiger partial charge on any atom is 0.0667 e. The molecule has 0 aliphatic rings. The summed E-state index contributed by atoms with van der Waals surface area (Å²) in [6.07, 6.45) is 28.1. The zero-order valence-electron chi connectivity index (χ0n) is 23.2. The molecule has 2 N–H and O–H groups in total. The molecule has 0 aromatic rings. The van der Waals surface area contributed by atoms with Crippen molar-refractivity contribution < 1.29 is 10.2 Å². The number of nitrogens with zero attached hydrogens (tertiary/aromatic N) is 1. The molecule has 0 aliphatic carbocycles. The minimum absolute atomic E-state index is 0.247. The molecule has 200 valence electrons. The van der Waals surface area contributed by atoms with Crippen molar-refractivity contribution in [1.29, 1.82) is 0 Å². The Bertz CT molecular complexity index is 331. The van der Waals surface area contributed by atoms with Gasteiger partial charge in [0.15, 0.2) is 0 Å². The van der Waals surface area contributed by atoms with E-state index in [1.54, 1.807) is 0 Å². The third kappa shape index (κ3) is 24.8. The minimum Gasteiger partial charge on any atom is -0.392 e. The number of unbranched alkanes of at least 4 members (excludes halogenated alkanes) is 18. The van der Waals surface area contributed by atoms with Crippen LogP contribution in [-0.2, 0) is 0 Å². The molecule has 0 saturated heterocycles. The Kier molecular flexibility index (Phi) is 26.4. The van der Waals surface area contributed by atoms with Crippen LogP contribution in [-0.4, -0.2) is 47.0 Å². The van der Waals surface area contributed by atoms with Gasteiger partial charge in [0.05, 0.1) is 12.2 Å². The fourth-order valence-corrected chi connectivity index (χ4v) is 4.85. The second-order valence-corrected chi connectivity index (χ2v) is 10.6. The van der Waals surface area contributed by atoms with Crippen LogP contribution >= 0.6 is 0 Å². The molecule has 0 fully saturated rings. The van der Waals surface area contributed by atoms with Gasteiger partial charge in [0.2, 0.25) is 0 Å². The molecule has 3 heteroatoms. The highest BCUT2D eigenvalue weighted by Crippen LogP contribution is 2.14. The lowest BCUT2D eigenvalue weighted by Gasteiger charge is -2.26. The van der Waals surface area contributed by atoms with Gasteiger partial charge in [-0.2, -0.15) is 0 Å². The van der Waals surface area contributed by atoms with Crippen LogP contribution in [0.4, 0.5) is 0 Å². The van der Waals surface area contributed by atoms with E-state index >= 15 is 0 Å². The lowest BCUT2D eigenvalue weighted by atomic mass is 10.0. The predicted molar refractivity (Wildman–Crippen MR) is 147 cm³/mol. The molecule has 0 bridgehead atoms. The van der Waals surface area contributed by atoms with Crippen molar-refractivity contribution in [2.75, 3.05) is 19.6 Å². The van der Waals surface area contributed by atoms with Gasteiger partial charge in [-0.15, -0.1) is 0 Å². The Hall–Kier alpha value is -0.120. The Morgan fingerprint density at radius 3 is 0.970 bits per heavy atom. The lowest BCUT2D eigenvalue weighted by Crippen LogP contribution is -2.37. The summed E-state index contributed by atoms with van der Waals surface area (Å²) in [5, 5.41) is 20.9. The number of rotatable bonds is 27. The SMILES string of the molecule is CCCCCCCCCCCCC(O)CN(CC)CC(O)CCCCCCCCCCCC. The summed E-state index contributed by atoms with van der Waals surface area (Å²) in [7, 11) is 0. The van der Waals surface area contributed by atoms with Gasteiger partial charge < -0.3 is 10.2 Å². The fourth-order valence-electron chi connectivity index (χ4n) is 4.85. The van der Waals surface area contributed by atoms with Crippen LogP contribution in [0.1, 0.15) is 162 Å². The molecular formula is C30H63NO2. The van der Waals surface area contributed by atoms with Crippen molar-refractivity contribution in [1.82, 2.24) is 4.90 Å². The molecule has 0 heterocycles. The molecule has 2 unspecified atom stereocenters. The van der Waals surface area contributed by atoms with E-state index in [4.69, 9.17) is 0 Å². The first-order valence-electron chi connectivity index (χ1n) is 15.2. The first-order valence-corrected chi connectivity index (χ1v) is 15.2. The van der Waals surface area contributed by atoms with Gasteiger partial charge in [-0.3, -0.25) is 4.90 Å². The summed E-state index contributed by atoms with van der Waals surface area (Å²) >= 11 is 0. The highest BCUT2D eigenvalue weighted by Gasteiger charge is 2.14. The number of aliphatic hydroxyl groups excluding tert-OH is 2. The molecule has 33 heavy (non-hydrogen) atoms. The van der Waals surface area contributed by atoms with Gasteiger partial charge in [0.25, 0.3) is 0 Å². The molecule has 0 aliphatic heterocycles. The van der Waals surface area contributed by atoms with Gasteiger partial charge in [-0.05, 0) is 19.4 Å². The van der Waals surface area contributed by atoms with Crippen LogP contribution in [0.5, 0.6) is 0 Å². The third-order valence-corrected chi connectivity index (χ3v) is 7.17. The van der Waals surface area contributed by atoms with E-state index in [2.05, 4.69) is 25.7 Å². The number of hydrogen-bond acceptors (Lipinski definition) is 3. The molecule has 0 spiro atoms. The van der Waals surface area contributed by atoms with Gasteiger partial charge in [-0.25, -0.2) is 0 Å². The maximum absolute atomic E-state index is 10.4. The number of hydrogen-bond donors (Lipinski definition) is 2. The maximum atomic E-state index is 10.4. The van der Waals surface area contributed by atoms with E-state index in [1.165, 1.54) is 116 Å². The monoisotopic (exact) mass is 469 g/mol. The molecule has 0 rings (SSSR count). The smallest absolute Gasteiger partial charge is 0.0667 e. The molecule has 0 amide bonds. The van der Waals surface area contributed by atoms with Crippen molar-refractivity contribution in [3.63, 3.8) is 0 Å². The van der Waals surface area contributed by atoms with E-state index in [9.17, 15) is 10.2 Å². The summed E-state index contributed by atoms with van der Waals surface area (Å²) in [5.41, 5.74) is 0. The number of likely N-dealkylation sites (N-methyl/N-ethyl adjacent to an activating group) is 1. The summed E-state index contributed by atoms with van der Waals surface area (Å²) in [6, 6.07) is 0. The van der Waals surface area contributed by atoms with Crippen LogP contribution < -0.4 is 0 Å². The van der Waals surface area contributed by atoms with E-state index in [-0.39, 0.29) is 12.2 Å². The molecule has 2 atom stereocenters. The summed E-state index contributed by atoms with van der Waals surface area (Å²) in [5.74, 6) is 0. The molecule has 0 saturated carbocycles. The van der Waals surface area contributed by atoms with Gasteiger partial charge in [0, 0.05) is 13.1 Å². The van der Waals surface area contributed by atoms with E-state index < -0.39 is 0 Å². The quantitative estimate of drug-likeness (QED) is 0.118. The normalized spacial score (nSPS) is 13.6. The third-order valence-electron chi connectivity index (χ3n) is 7.17. The standard InChI is InChI=1S/C30H63NO2/c1-4-7-9-11-13-15-17-19-21-23-25-29(32)27-31(6-3)28-30(33)26-24-22-20-18-16-14-12-10-8-5-2/h29-30,32-33H,4-28H2,1-3H3. The zero-order chi connectivity index (χ0) is 24.4. The molecule has 0 aromatic carbocycles. The minimum atomic E-state index is -0.247. The number of aliphatic hydroxyl groups is 2. The van der Waals surface area contributed by atoms with Crippen molar-refractivity contribution in [3.8, 4) is 0 Å². The largest absolute Gasteiger partial charge is 0.392 e. The second-order valence-electron chi connectivity index (χ2n) is 10.6. The highest BCUT2D eigenvalue weighted by atomic mass is 16.3. The van der Waals surface area contributed by atoms with Crippen LogP contribution in [0.15, 0.2) is 0 Å². The Morgan fingerprint density at radius 1 is 0.424 bits per heavy atom. The van der Waals surface area contributed by atoms with Gasteiger partial charge in [-0.1, -0.05) is 149 Å². The predicted octanol–water partition coefficient (Wildman–Crippen LogP) is 8.65. The van der Waals surface area contributed by atoms with Crippen LogP contribution in [0.2, 0.25) is 0 Å². The highest BCUT2D eigenvalue weighted by molar-refractivity contribution is 4.68. The lowest BCUT2D eigenvalue weighted by molar-refractivity contribution is 0.0633. The first kappa shape index (κ1) is 32.9. The topological polar surface area (TPSA) is 43.7 Å². The Labute approximate surface area is 209 Å². The average molecular weight is 470 g/mol. The Balaban J connectivity index is 3.59. The zero-order valence-corrected chi connectivity index (χ0v) is 23.2. The molecule has 3 nitrogen and oxygen atoms in total. The first-order chi connectivity index (χ1) is 16.1. The Morgan fingerprint density at radius 2 is 0.697 bits per heavy atom. The molecular weight excluding hydrogens is 406 g/mol. The van der Waals surface area contributed by atoms with Gasteiger partial charge >= 0.3 is 0 Å². The van der Waals surface area contributed by atoms with Gasteiger partial charge in [0.1, 0.15) is 0 Å². The van der Waals surface area contributed by atoms with Crippen molar-refractivity contribution in [2.45, 2.75) is 174 Å². The van der Waals surface area contributed by atoms with Crippen LogP contribution in [0, 0.1) is 0 Å². The van der Waals surface area contributed by atoms with Crippen LogP contribution in [0.3, 0.4) is 0 Å². The molecule has 0 aromatic heterocycles. The van der Waals surface area contributed by atoms with Crippen molar-refractivity contribution in [2.24, 2.45) is 0 Å². The van der Waals surface area contributed by atoms with Crippen molar-refractivity contribution >= 4 is 0 Å². The average Bonchev–Trinajstić information content (AvgIpc) is 2.81. The van der Waals surface area contributed by atoms with E-state index in [0.717, 1.165) is 32.2 Å². The summed E-state index contributed by atoms with van der Waals surface area (Å²) in [4.78, 5) is 2.24. The van der Waals surface area contributed by atoms with E-state index in [1.807, 2.05) is 0 Å². The fraction of sp³-hybridized carbons (Fsp3) is 1.00. The summed E-state index contributed by atoms with van der Waals surface area (Å²) < 4.78 is 0. The second kappa shape index (κ2) is 26.5. The summed E-state index contributed by atoms with van der Waals surface area (Å²) in [6.45, 7) is 9.02. The van der Waals surface area contributed by atoms with E-state index in [0.29, 0.717) is 13.1 Å². The molecule has 0 radical (unpaired) electrons. The van der Waals surface area contributed by atoms with Crippen molar-refractivity contribution in [3.05, 3.63) is 0 Å². The van der Waals surface area contributed by atoms with Crippen LogP contribution in [0.25, 0.3) is 0 Å².